The SMILES string of the molecule is COc1ccc(OC)c(CN(C(=O)CCc2c[nH]c3ccccc23)C2CC2)c1. The number of benzene rings is 2. The van der Waals surface area contributed by atoms with E-state index >= 15 is 0 Å². The Morgan fingerprint density at radius 1 is 1.11 bits per heavy atom. The average Bonchev–Trinajstić information content (AvgIpc) is 3.49. The highest BCUT2D eigenvalue weighted by molar-refractivity contribution is 5.84. The van der Waals surface area contributed by atoms with E-state index in [0.717, 1.165) is 41.8 Å². The zero-order valence-electron chi connectivity index (χ0n) is 16.4. The number of carbonyl (C=O) groups is 1. The Bertz CT molecular complexity index is 975. The molecule has 1 aliphatic rings. The number of aromatic amines is 1. The van der Waals surface area contributed by atoms with Crippen molar-refractivity contribution in [3.63, 3.8) is 0 Å². The highest BCUT2D eigenvalue weighted by atomic mass is 16.5. The first-order valence-electron chi connectivity index (χ1n) is 9.75. The standard InChI is InChI=1S/C23H26N2O3/c1-27-19-10-11-22(28-2)17(13-19)15-25(18-8-9-18)23(26)12-7-16-14-24-21-6-4-3-5-20(16)21/h3-6,10-11,13-14,18,24H,7-9,12,15H2,1-2H3. The van der Waals surface area contributed by atoms with Crippen molar-refractivity contribution in [2.24, 2.45) is 0 Å². The molecule has 0 spiro atoms. The van der Waals surface area contributed by atoms with E-state index in [4.69, 9.17) is 9.47 Å². The smallest absolute Gasteiger partial charge is 0.223 e. The molecule has 4 rings (SSSR count). The van der Waals surface area contributed by atoms with E-state index < -0.39 is 0 Å². The zero-order chi connectivity index (χ0) is 19.5. The Labute approximate surface area is 165 Å². The fourth-order valence-electron chi connectivity index (χ4n) is 3.72. The van der Waals surface area contributed by atoms with Crippen LogP contribution in [0.1, 0.15) is 30.4 Å². The van der Waals surface area contributed by atoms with Gasteiger partial charge in [0.25, 0.3) is 0 Å². The van der Waals surface area contributed by atoms with E-state index in [9.17, 15) is 4.79 Å². The minimum Gasteiger partial charge on any atom is -0.497 e. The maximum absolute atomic E-state index is 13.1. The van der Waals surface area contributed by atoms with Crippen LogP contribution < -0.4 is 9.47 Å². The number of aromatic nitrogens is 1. The third kappa shape index (κ3) is 3.84. The number of hydrogen-bond donors (Lipinski definition) is 1. The first kappa shape index (κ1) is 18.4. The highest BCUT2D eigenvalue weighted by Gasteiger charge is 2.33. The van der Waals surface area contributed by atoms with E-state index in [0.29, 0.717) is 19.0 Å². The molecule has 1 amide bonds. The molecular formula is C23H26N2O3. The summed E-state index contributed by atoms with van der Waals surface area (Å²) in [6.45, 7) is 0.553. The molecule has 28 heavy (non-hydrogen) atoms. The average molecular weight is 378 g/mol. The molecule has 3 aromatic rings. The second-order valence-corrected chi connectivity index (χ2v) is 7.29. The van der Waals surface area contributed by atoms with Gasteiger partial charge >= 0.3 is 0 Å². The summed E-state index contributed by atoms with van der Waals surface area (Å²) in [4.78, 5) is 18.4. The van der Waals surface area contributed by atoms with Crippen LogP contribution in [-0.2, 0) is 17.8 Å². The van der Waals surface area contributed by atoms with Gasteiger partial charge in [0.15, 0.2) is 0 Å². The van der Waals surface area contributed by atoms with Crippen LogP contribution in [-0.4, -0.2) is 36.1 Å². The van der Waals surface area contributed by atoms with Crippen molar-refractivity contribution in [3.8, 4) is 11.5 Å². The lowest BCUT2D eigenvalue weighted by molar-refractivity contribution is -0.132. The maximum atomic E-state index is 13.1. The third-order valence-corrected chi connectivity index (χ3v) is 5.42. The Balaban J connectivity index is 1.48. The minimum atomic E-state index is 0.192. The fraction of sp³-hybridized carbons (Fsp3) is 0.348. The number of methoxy groups -OCH3 is 2. The Hall–Kier alpha value is -2.95. The second-order valence-electron chi connectivity index (χ2n) is 7.29. The summed E-state index contributed by atoms with van der Waals surface area (Å²) >= 11 is 0. The van der Waals surface area contributed by atoms with Crippen molar-refractivity contribution in [1.29, 1.82) is 0 Å². The Kier molecular flexibility index (Phi) is 5.24. The van der Waals surface area contributed by atoms with E-state index in [2.05, 4.69) is 17.1 Å². The Morgan fingerprint density at radius 2 is 1.93 bits per heavy atom. The van der Waals surface area contributed by atoms with Crippen LogP contribution in [0.3, 0.4) is 0 Å². The van der Waals surface area contributed by atoms with Crippen LogP contribution >= 0.6 is 0 Å². The molecule has 0 aliphatic heterocycles. The van der Waals surface area contributed by atoms with Crippen molar-refractivity contribution >= 4 is 16.8 Å². The molecule has 1 N–H and O–H groups in total. The molecule has 1 aliphatic carbocycles. The quantitative estimate of drug-likeness (QED) is 0.635. The molecule has 1 fully saturated rings. The van der Waals surface area contributed by atoms with Crippen LogP contribution in [0.2, 0.25) is 0 Å². The van der Waals surface area contributed by atoms with E-state index in [-0.39, 0.29) is 5.91 Å². The van der Waals surface area contributed by atoms with Gasteiger partial charge in [-0.2, -0.15) is 0 Å². The minimum absolute atomic E-state index is 0.192. The number of para-hydroxylation sites is 1. The van der Waals surface area contributed by atoms with Gasteiger partial charge < -0.3 is 19.4 Å². The number of ether oxygens (including phenoxy) is 2. The summed E-state index contributed by atoms with van der Waals surface area (Å²) in [5.74, 6) is 1.76. The molecule has 0 radical (unpaired) electrons. The van der Waals surface area contributed by atoms with E-state index in [1.807, 2.05) is 41.4 Å². The van der Waals surface area contributed by atoms with Gasteiger partial charge in [-0.05, 0) is 49.1 Å². The number of H-pyrrole nitrogens is 1. The molecule has 1 heterocycles. The maximum Gasteiger partial charge on any atom is 0.223 e. The van der Waals surface area contributed by atoms with E-state index in [1.165, 1.54) is 10.9 Å². The van der Waals surface area contributed by atoms with Gasteiger partial charge in [0.2, 0.25) is 5.91 Å². The number of rotatable bonds is 8. The predicted octanol–water partition coefficient (Wildman–Crippen LogP) is 4.31. The first-order chi connectivity index (χ1) is 13.7. The molecule has 146 valence electrons. The van der Waals surface area contributed by atoms with Crippen molar-refractivity contribution < 1.29 is 14.3 Å². The van der Waals surface area contributed by atoms with Crippen LogP contribution in [0.4, 0.5) is 0 Å². The van der Waals surface area contributed by atoms with Gasteiger partial charge in [-0.25, -0.2) is 0 Å². The van der Waals surface area contributed by atoms with Crippen LogP contribution in [0.5, 0.6) is 11.5 Å². The highest BCUT2D eigenvalue weighted by Crippen LogP contribution is 2.32. The summed E-state index contributed by atoms with van der Waals surface area (Å²) in [7, 11) is 3.31. The molecule has 5 nitrogen and oxygen atoms in total. The number of nitrogens with one attached hydrogen (secondary N) is 1. The summed E-state index contributed by atoms with van der Waals surface area (Å²) in [5, 5.41) is 1.20. The number of fused-ring (bicyclic) bond motifs is 1. The number of amides is 1. The third-order valence-electron chi connectivity index (χ3n) is 5.42. The molecule has 0 unspecified atom stereocenters. The molecule has 1 aromatic heterocycles. The predicted molar refractivity (Wildman–Crippen MR) is 110 cm³/mol. The Morgan fingerprint density at radius 3 is 2.68 bits per heavy atom. The van der Waals surface area contributed by atoms with Crippen LogP contribution in [0, 0.1) is 0 Å². The molecule has 5 heteroatoms. The molecule has 0 bridgehead atoms. The zero-order valence-corrected chi connectivity index (χ0v) is 16.4. The van der Waals surface area contributed by atoms with Crippen molar-refractivity contribution in [2.75, 3.05) is 14.2 Å². The van der Waals surface area contributed by atoms with Gasteiger partial charge in [0.1, 0.15) is 11.5 Å². The second kappa shape index (κ2) is 7.97. The fourth-order valence-corrected chi connectivity index (χ4v) is 3.72. The lowest BCUT2D eigenvalue weighted by Gasteiger charge is -2.24. The molecule has 0 atom stereocenters. The largest absolute Gasteiger partial charge is 0.497 e. The molecule has 0 saturated heterocycles. The molecular weight excluding hydrogens is 352 g/mol. The molecule has 1 saturated carbocycles. The number of hydrogen-bond acceptors (Lipinski definition) is 3. The van der Waals surface area contributed by atoms with Gasteiger partial charge in [-0.3, -0.25) is 4.79 Å². The van der Waals surface area contributed by atoms with Crippen LogP contribution in [0.25, 0.3) is 10.9 Å². The number of nitrogens with zero attached hydrogens (tertiary/aromatic N) is 1. The lowest BCUT2D eigenvalue weighted by atomic mass is 10.1. The number of carbonyl (C=O) groups excluding carboxylic acids is 1. The normalized spacial score (nSPS) is 13.5. The van der Waals surface area contributed by atoms with E-state index in [1.54, 1.807) is 14.2 Å². The van der Waals surface area contributed by atoms with Gasteiger partial charge in [0.05, 0.1) is 14.2 Å². The summed E-state index contributed by atoms with van der Waals surface area (Å²) in [6, 6.07) is 14.3. The van der Waals surface area contributed by atoms with Crippen molar-refractivity contribution in [3.05, 3.63) is 59.8 Å². The first-order valence-corrected chi connectivity index (χ1v) is 9.75. The topological polar surface area (TPSA) is 54.6 Å². The monoisotopic (exact) mass is 378 g/mol. The number of aryl methyl sites for hydroxylation is 1. The lowest BCUT2D eigenvalue weighted by Crippen LogP contribution is -2.32. The molecule has 2 aromatic carbocycles. The van der Waals surface area contributed by atoms with Gasteiger partial charge in [-0.15, -0.1) is 0 Å². The summed E-state index contributed by atoms with van der Waals surface area (Å²) in [5.41, 5.74) is 3.29. The van der Waals surface area contributed by atoms with Gasteiger partial charge in [-0.1, -0.05) is 18.2 Å². The van der Waals surface area contributed by atoms with Crippen LogP contribution in [0.15, 0.2) is 48.7 Å². The van der Waals surface area contributed by atoms with Gasteiger partial charge in [0, 0.05) is 41.7 Å². The van der Waals surface area contributed by atoms with Crippen molar-refractivity contribution in [2.45, 2.75) is 38.3 Å². The van der Waals surface area contributed by atoms with Crippen molar-refractivity contribution in [1.82, 2.24) is 9.88 Å². The summed E-state index contributed by atoms with van der Waals surface area (Å²) < 4.78 is 10.8. The summed E-state index contributed by atoms with van der Waals surface area (Å²) in [6.07, 6.45) is 5.41.